The van der Waals surface area contributed by atoms with Crippen molar-refractivity contribution in [3.8, 4) is 0 Å². The van der Waals surface area contributed by atoms with Crippen molar-refractivity contribution < 1.29 is 13.2 Å². The third kappa shape index (κ3) is 3.15. The van der Waals surface area contributed by atoms with Gasteiger partial charge in [0.1, 0.15) is 0 Å². The minimum Gasteiger partial charge on any atom is -0.377 e. The lowest BCUT2D eigenvalue weighted by atomic mass is 10.1. The van der Waals surface area contributed by atoms with Gasteiger partial charge in [0.2, 0.25) is 10.0 Å². The van der Waals surface area contributed by atoms with Crippen molar-refractivity contribution in [1.29, 1.82) is 0 Å². The summed E-state index contributed by atoms with van der Waals surface area (Å²) >= 11 is 5.98. The fraction of sp³-hybridized carbons (Fsp3) is 0.538. The van der Waals surface area contributed by atoms with Crippen LogP contribution in [0.15, 0.2) is 17.0 Å². The van der Waals surface area contributed by atoms with E-state index in [-0.39, 0.29) is 23.6 Å². The lowest BCUT2D eigenvalue weighted by Gasteiger charge is -2.18. The first-order valence-electron chi connectivity index (χ1n) is 6.48. The Bertz CT molecular complexity index is 604. The molecule has 2 unspecified atom stereocenters. The predicted molar refractivity (Wildman–Crippen MR) is 78.2 cm³/mol. The molecule has 1 heterocycles. The third-order valence-electron chi connectivity index (χ3n) is 3.62. The normalized spacial score (nSPS) is 23.2. The molecule has 2 rings (SSSR count). The number of benzene rings is 1. The van der Waals surface area contributed by atoms with E-state index in [1.165, 1.54) is 6.07 Å². The highest BCUT2D eigenvalue weighted by atomic mass is 35.5. The molecule has 0 aliphatic carbocycles. The highest BCUT2D eigenvalue weighted by molar-refractivity contribution is 7.89. The maximum atomic E-state index is 12.5. The molecule has 2 atom stereocenters. The Hall–Kier alpha value is -0.660. The molecule has 0 saturated carbocycles. The van der Waals surface area contributed by atoms with Gasteiger partial charge < -0.3 is 10.5 Å². The molecule has 1 saturated heterocycles. The zero-order valence-electron chi connectivity index (χ0n) is 11.5. The molecule has 5 nitrogen and oxygen atoms in total. The molecular formula is C13H19ClN2O3S. The van der Waals surface area contributed by atoms with E-state index < -0.39 is 10.0 Å². The Morgan fingerprint density at radius 2 is 2.20 bits per heavy atom. The van der Waals surface area contributed by atoms with Gasteiger partial charge in [-0.15, -0.1) is 0 Å². The van der Waals surface area contributed by atoms with Gasteiger partial charge in [0.05, 0.1) is 17.0 Å². The fourth-order valence-corrected chi connectivity index (χ4v) is 4.31. The van der Waals surface area contributed by atoms with Gasteiger partial charge >= 0.3 is 0 Å². The van der Waals surface area contributed by atoms with E-state index in [9.17, 15) is 8.42 Å². The van der Waals surface area contributed by atoms with Crippen molar-refractivity contribution in [2.24, 2.45) is 5.73 Å². The second-order valence-corrected chi connectivity index (χ2v) is 7.10. The number of nitrogens with one attached hydrogen (secondary N) is 1. The van der Waals surface area contributed by atoms with Crippen molar-refractivity contribution in [3.63, 3.8) is 0 Å². The quantitative estimate of drug-likeness (QED) is 0.882. The van der Waals surface area contributed by atoms with Crippen LogP contribution < -0.4 is 10.5 Å². The maximum absolute atomic E-state index is 12.5. The predicted octanol–water partition coefficient (Wildman–Crippen LogP) is 1.56. The Morgan fingerprint density at radius 1 is 1.50 bits per heavy atom. The molecule has 0 amide bonds. The first-order chi connectivity index (χ1) is 9.35. The van der Waals surface area contributed by atoms with Crippen molar-refractivity contribution >= 4 is 21.6 Å². The second kappa shape index (κ2) is 5.99. The summed E-state index contributed by atoms with van der Waals surface area (Å²) in [7, 11) is -3.63. The standard InChI is InChI=1S/C13H19ClN2O3S/c1-8-10(7-15)5-11(14)6-13(8)20(17,18)16-12-3-4-19-9(12)2/h5-6,9,12,16H,3-4,7,15H2,1-2H3. The number of hydrogen-bond donors (Lipinski definition) is 2. The minimum absolute atomic E-state index is 0.127. The number of ether oxygens (including phenoxy) is 1. The molecule has 0 bridgehead atoms. The zero-order chi connectivity index (χ0) is 14.9. The van der Waals surface area contributed by atoms with Crippen LogP contribution in [-0.2, 0) is 21.3 Å². The lowest BCUT2D eigenvalue weighted by molar-refractivity contribution is 0.117. The fourth-order valence-electron chi connectivity index (χ4n) is 2.35. The van der Waals surface area contributed by atoms with Crippen LogP contribution in [-0.4, -0.2) is 27.2 Å². The number of nitrogens with two attached hydrogens (primary N) is 1. The molecule has 1 fully saturated rings. The molecule has 1 aromatic rings. The summed E-state index contributed by atoms with van der Waals surface area (Å²) in [5.41, 5.74) is 6.99. The minimum atomic E-state index is -3.63. The van der Waals surface area contributed by atoms with Gasteiger partial charge in [0, 0.05) is 18.2 Å². The molecular weight excluding hydrogens is 300 g/mol. The average Bonchev–Trinajstić information content (AvgIpc) is 2.76. The largest absolute Gasteiger partial charge is 0.377 e. The van der Waals surface area contributed by atoms with Crippen molar-refractivity contribution in [2.45, 2.75) is 43.9 Å². The van der Waals surface area contributed by atoms with E-state index in [0.29, 0.717) is 23.6 Å². The number of hydrogen-bond acceptors (Lipinski definition) is 4. The van der Waals surface area contributed by atoms with Gasteiger partial charge in [-0.05, 0) is 43.5 Å². The van der Waals surface area contributed by atoms with E-state index in [2.05, 4.69) is 4.72 Å². The summed E-state index contributed by atoms with van der Waals surface area (Å²) < 4.78 is 33.1. The summed E-state index contributed by atoms with van der Waals surface area (Å²) in [6.45, 7) is 4.41. The van der Waals surface area contributed by atoms with Crippen LogP contribution in [0.1, 0.15) is 24.5 Å². The van der Waals surface area contributed by atoms with E-state index in [4.69, 9.17) is 22.1 Å². The molecule has 1 aliphatic rings. The SMILES string of the molecule is Cc1c(CN)cc(Cl)cc1S(=O)(=O)NC1CCOC1C. The van der Waals surface area contributed by atoms with Gasteiger partial charge in [-0.1, -0.05) is 11.6 Å². The van der Waals surface area contributed by atoms with Gasteiger partial charge in [-0.2, -0.15) is 0 Å². The maximum Gasteiger partial charge on any atom is 0.241 e. The van der Waals surface area contributed by atoms with Crippen LogP contribution in [0.2, 0.25) is 5.02 Å². The second-order valence-electron chi connectivity index (χ2n) is 4.98. The summed E-state index contributed by atoms with van der Waals surface area (Å²) in [6.07, 6.45) is 0.544. The molecule has 0 radical (unpaired) electrons. The Balaban J connectivity index is 2.36. The Labute approximate surface area is 124 Å². The number of halogens is 1. The summed E-state index contributed by atoms with van der Waals surface area (Å²) in [4.78, 5) is 0.185. The molecule has 1 aliphatic heterocycles. The van der Waals surface area contributed by atoms with Crippen LogP contribution >= 0.6 is 11.6 Å². The third-order valence-corrected chi connectivity index (χ3v) is 5.46. The Morgan fingerprint density at radius 3 is 2.75 bits per heavy atom. The highest BCUT2D eigenvalue weighted by Crippen LogP contribution is 2.25. The lowest BCUT2D eigenvalue weighted by Crippen LogP contribution is -2.39. The smallest absolute Gasteiger partial charge is 0.241 e. The van der Waals surface area contributed by atoms with E-state index in [0.717, 1.165) is 5.56 Å². The first kappa shape index (κ1) is 15.7. The molecule has 0 aromatic heterocycles. The Kier molecular flexibility index (Phi) is 4.71. The van der Waals surface area contributed by atoms with Crippen LogP contribution in [0, 0.1) is 6.92 Å². The van der Waals surface area contributed by atoms with Crippen molar-refractivity contribution in [1.82, 2.24) is 4.72 Å². The van der Waals surface area contributed by atoms with Crippen molar-refractivity contribution in [2.75, 3.05) is 6.61 Å². The molecule has 1 aromatic carbocycles. The summed E-state index contributed by atoms with van der Waals surface area (Å²) in [5.74, 6) is 0. The highest BCUT2D eigenvalue weighted by Gasteiger charge is 2.30. The van der Waals surface area contributed by atoms with Crippen LogP contribution in [0.4, 0.5) is 0 Å². The van der Waals surface area contributed by atoms with Crippen LogP contribution in [0.25, 0.3) is 0 Å². The van der Waals surface area contributed by atoms with Crippen LogP contribution in [0.5, 0.6) is 0 Å². The van der Waals surface area contributed by atoms with Gasteiger partial charge in [-0.3, -0.25) is 0 Å². The van der Waals surface area contributed by atoms with E-state index in [1.54, 1.807) is 13.0 Å². The van der Waals surface area contributed by atoms with Gasteiger partial charge in [-0.25, -0.2) is 13.1 Å². The number of rotatable bonds is 4. The average molecular weight is 319 g/mol. The van der Waals surface area contributed by atoms with E-state index in [1.807, 2.05) is 6.92 Å². The van der Waals surface area contributed by atoms with Crippen molar-refractivity contribution in [3.05, 3.63) is 28.3 Å². The van der Waals surface area contributed by atoms with E-state index >= 15 is 0 Å². The topological polar surface area (TPSA) is 81.4 Å². The van der Waals surface area contributed by atoms with Crippen LogP contribution in [0.3, 0.4) is 0 Å². The molecule has 3 N–H and O–H groups in total. The van der Waals surface area contributed by atoms with Gasteiger partial charge in [0.25, 0.3) is 0 Å². The summed E-state index contributed by atoms with van der Waals surface area (Å²) in [5, 5.41) is 0.368. The molecule has 112 valence electrons. The molecule has 20 heavy (non-hydrogen) atoms. The summed E-state index contributed by atoms with van der Waals surface area (Å²) in [6, 6.07) is 2.94. The number of sulfonamides is 1. The molecule has 7 heteroatoms. The first-order valence-corrected chi connectivity index (χ1v) is 8.34. The zero-order valence-corrected chi connectivity index (χ0v) is 13.1. The molecule has 0 spiro atoms. The van der Waals surface area contributed by atoms with Gasteiger partial charge in [0.15, 0.2) is 0 Å². The monoisotopic (exact) mass is 318 g/mol.